The van der Waals surface area contributed by atoms with Crippen LogP contribution in [0.25, 0.3) is 0 Å². The van der Waals surface area contributed by atoms with E-state index in [9.17, 15) is 4.79 Å². The lowest BCUT2D eigenvalue weighted by Crippen LogP contribution is -2.18. The summed E-state index contributed by atoms with van der Waals surface area (Å²) in [7, 11) is 0. The van der Waals surface area contributed by atoms with E-state index in [0.717, 1.165) is 5.69 Å². The first kappa shape index (κ1) is 13.4. The molecule has 6 heteroatoms. The van der Waals surface area contributed by atoms with Gasteiger partial charge in [-0.25, -0.2) is 0 Å². The average Bonchev–Trinajstić information content (AvgIpc) is 2.75. The highest BCUT2D eigenvalue weighted by molar-refractivity contribution is 6.34. The smallest absolute Gasteiger partial charge is 0.274 e. The van der Waals surface area contributed by atoms with Gasteiger partial charge in [0.15, 0.2) is 0 Å². The Labute approximate surface area is 116 Å². The van der Waals surface area contributed by atoms with Gasteiger partial charge in [0.05, 0.1) is 22.1 Å². The predicted octanol–water partition coefficient (Wildman–Crippen LogP) is 2.70. The van der Waals surface area contributed by atoms with Gasteiger partial charge in [-0.3, -0.25) is 9.48 Å². The van der Waals surface area contributed by atoms with E-state index in [0.29, 0.717) is 28.6 Å². The van der Waals surface area contributed by atoms with Crippen molar-refractivity contribution in [3.63, 3.8) is 0 Å². The maximum absolute atomic E-state index is 12.2. The number of nitrogens with two attached hydrogens (primary N) is 1. The fraction of sp³-hybridized carbons (Fsp3) is 0.231. The molecule has 5 nitrogen and oxygen atoms in total. The van der Waals surface area contributed by atoms with E-state index in [4.69, 9.17) is 17.3 Å². The fourth-order valence-corrected chi connectivity index (χ4v) is 2.05. The molecule has 2 aromatic rings. The second kappa shape index (κ2) is 5.32. The Bertz CT molecular complexity index is 601. The summed E-state index contributed by atoms with van der Waals surface area (Å²) in [6.07, 6.45) is 0. The van der Waals surface area contributed by atoms with E-state index < -0.39 is 0 Å². The topological polar surface area (TPSA) is 72.9 Å². The van der Waals surface area contributed by atoms with Crippen molar-refractivity contribution in [1.82, 2.24) is 9.78 Å². The van der Waals surface area contributed by atoms with E-state index in [2.05, 4.69) is 10.4 Å². The van der Waals surface area contributed by atoms with Gasteiger partial charge < -0.3 is 11.1 Å². The number of para-hydroxylation sites is 1. The molecule has 100 valence electrons. The third-order valence-corrected chi connectivity index (χ3v) is 3.03. The number of nitrogens with zero attached hydrogens (tertiary/aromatic N) is 2. The number of rotatable bonds is 3. The summed E-state index contributed by atoms with van der Waals surface area (Å²) in [5, 5.41) is 7.36. The lowest BCUT2D eigenvalue weighted by molar-refractivity contribution is 0.101. The van der Waals surface area contributed by atoms with Crippen molar-refractivity contribution in [2.75, 3.05) is 11.1 Å². The normalized spacial score (nSPS) is 10.5. The van der Waals surface area contributed by atoms with Gasteiger partial charge in [0.25, 0.3) is 5.91 Å². The van der Waals surface area contributed by atoms with Crippen molar-refractivity contribution in [1.29, 1.82) is 0 Å². The first-order valence-electron chi connectivity index (χ1n) is 5.92. The molecule has 0 saturated carbocycles. The van der Waals surface area contributed by atoms with E-state index in [1.807, 2.05) is 13.8 Å². The maximum atomic E-state index is 12.2. The van der Waals surface area contributed by atoms with Gasteiger partial charge in [-0.05, 0) is 32.0 Å². The molecule has 0 aliphatic rings. The minimum absolute atomic E-state index is 0.276. The molecule has 1 aromatic heterocycles. The highest BCUT2D eigenvalue weighted by Gasteiger charge is 2.15. The number of nitrogens with one attached hydrogen (secondary N) is 1. The predicted molar refractivity (Wildman–Crippen MR) is 76.5 cm³/mol. The number of carbonyl (C=O) groups excluding carboxylic acids is 1. The number of aromatic nitrogens is 2. The van der Waals surface area contributed by atoms with Gasteiger partial charge in [0, 0.05) is 6.54 Å². The average molecular weight is 279 g/mol. The molecule has 0 spiro atoms. The second-order valence-corrected chi connectivity index (χ2v) is 4.55. The van der Waals surface area contributed by atoms with Gasteiger partial charge in [-0.2, -0.15) is 5.10 Å². The highest BCUT2D eigenvalue weighted by atomic mass is 35.5. The fourth-order valence-electron chi connectivity index (χ4n) is 1.82. The summed E-state index contributed by atoms with van der Waals surface area (Å²) in [5.41, 5.74) is 7.94. The Hall–Kier alpha value is -2.01. The van der Waals surface area contributed by atoms with Gasteiger partial charge in [0.2, 0.25) is 0 Å². The van der Waals surface area contributed by atoms with Crippen LogP contribution in [0.15, 0.2) is 24.3 Å². The van der Waals surface area contributed by atoms with Crippen molar-refractivity contribution in [2.45, 2.75) is 20.4 Å². The third-order valence-electron chi connectivity index (χ3n) is 2.72. The molecular formula is C13H15ClN4O. The van der Waals surface area contributed by atoms with Crippen LogP contribution in [0.4, 0.5) is 11.4 Å². The van der Waals surface area contributed by atoms with Crippen molar-refractivity contribution < 1.29 is 4.79 Å². The molecule has 0 radical (unpaired) electrons. The molecule has 19 heavy (non-hydrogen) atoms. The number of hydrogen-bond donors (Lipinski definition) is 2. The van der Waals surface area contributed by atoms with Crippen LogP contribution in [0, 0.1) is 6.92 Å². The molecular weight excluding hydrogens is 264 g/mol. The lowest BCUT2D eigenvalue weighted by Gasteiger charge is -2.10. The summed E-state index contributed by atoms with van der Waals surface area (Å²) in [4.78, 5) is 12.2. The number of benzene rings is 1. The van der Waals surface area contributed by atoms with Crippen LogP contribution in [0.5, 0.6) is 0 Å². The van der Waals surface area contributed by atoms with Crippen molar-refractivity contribution in [3.05, 3.63) is 40.7 Å². The van der Waals surface area contributed by atoms with Gasteiger partial charge in [0.1, 0.15) is 5.69 Å². The quantitative estimate of drug-likeness (QED) is 0.848. The van der Waals surface area contributed by atoms with Gasteiger partial charge in [-0.15, -0.1) is 0 Å². The molecule has 3 N–H and O–H groups in total. The monoisotopic (exact) mass is 278 g/mol. The summed E-state index contributed by atoms with van der Waals surface area (Å²) >= 11 is 6.02. The summed E-state index contributed by atoms with van der Waals surface area (Å²) in [6, 6.07) is 6.82. The van der Waals surface area contributed by atoms with E-state index >= 15 is 0 Å². The van der Waals surface area contributed by atoms with E-state index in [1.54, 1.807) is 28.9 Å². The molecule has 0 fully saturated rings. The number of halogens is 1. The minimum Gasteiger partial charge on any atom is -0.397 e. The molecule has 0 saturated heterocycles. The number of hydrogen-bond acceptors (Lipinski definition) is 3. The van der Waals surface area contributed by atoms with Crippen LogP contribution in [0.3, 0.4) is 0 Å². The lowest BCUT2D eigenvalue weighted by atomic mass is 10.2. The highest BCUT2D eigenvalue weighted by Crippen LogP contribution is 2.28. The molecule has 1 heterocycles. The summed E-state index contributed by atoms with van der Waals surface area (Å²) in [5.74, 6) is -0.276. The zero-order valence-electron chi connectivity index (χ0n) is 10.8. The van der Waals surface area contributed by atoms with Crippen molar-refractivity contribution in [3.8, 4) is 0 Å². The standard InChI is InChI=1S/C13H15ClN4O/c1-3-18-11(7-8(2)17-18)13(19)16-12-9(14)5-4-6-10(12)15/h4-7H,3,15H2,1-2H3,(H,16,19). The first-order chi connectivity index (χ1) is 9.02. The van der Waals surface area contributed by atoms with Crippen LogP contribution in [-0.4, -0.2) is 15.7 Å². The number of amides is 1. The summed E-state index contributed by atoms with van der Waals surface area (Å²) < 4.78 is 1.64. The van der Waals surface area contributed by atoms with Gasteiger partial charge >= 0.3 is 0 Å². The molecule has 0 aliphatic carbocycles. The van der Waals surface area contributed by atoms with E-state index in [-0.39, 0.29) is 5.91 Å². The molecule has 1 aromatic carbocycles. The van der Waals surface area contributed by atoms with Crippen molar-refractivity contribution >= 4 is 28.9 Å². The number of aryl methyl sites for hydroxylation is 2. The van der Waals surface area contributed by atoms with E-state index in [1.165, 1.54) is 0 Å². The Balaban J connectivity index is 2.31. The Kier molecular flexibility index (Phi) is 3.76. The molecule has 0 bridgehead atoms. The van der Waals surface area contributed by atoms with Crippen LogP contribution in [0.2, 0.25) is 5.02 Å². The first-order valence-corrected chi connectivity index (χ1v) is 6.30. The Morgan fingerprint density at radius 1 is 1.53 bits per heavy atom. The SMILES string of the molecule is CCn1nc(C)cc1C(=O)Nc1c(N)cccc1Cl. The zero-order chi connectivity index (χ0) is 14.0. The second-order valence-electron chi connectivity index (χ2n) is 4.14. The zero-order valence-corrected chi connectivity index (χ0v) is 11.5. The third kappa shape index (κ3) is 2.71. The molecule has 0 aliphatic heterocycles. The molecule has 0 atom stereocenters. The Morgan fingerprint density at radius 2 is 2.26 bits per heavy atom. The molecule has 1 amide bonds. The molecule has 0 unspecified atom stereocenters. The number of nitrogen functional groups attached to an aromatic ring is 1. The number of carbonyl (C=O) groups is 1. The maximum Gasteiger partial charge on any atom is 0.274 e. The van der Waals surface area contributed by atoms with Crippen LogP contribution >= 0.6 is 11.6 Å². The number of anilines is 2. The van der Waals surface area contributed by atoms with Crippen LogP contribution in [-0.2, 0) is 6.54 Å². The Morgan fingerprint density at radius 3 is 2.89 bits per heavy atom. The minimum atomic E-state index is -0.276. The summed E-state index contributed by atoms with van der Waals surface area (Å²) in [6.45, 7) is 4.38. The largest absolute Gasteiger partial charge is 0.397 e. The van der Waals surface area contributed by atoms with Gasteiger partial charge in [-0.1, -0.05) is 17.7 Å². The van der Waals surface area contributed by atoms with Crippen molar-refractivity contribution in [2.24, 2.45) is 0 Å². The van der Waals surface area contributed by atoms with Crippen LogP contribution in [0.1, 0.15) is 23.1 Å². The molecule has 2 rings (SSSR count). The van der Waals surface area contributed by atoms with Crippen LogP contribution < -0.4 is 11.1 Å².